The number of methoxy groups -OCH3 is 1. The number of aryl methyl sites for hydroxylation is 3. The van der Waals surface area contributed by atoms with E-state index < -0.39 is 0 Å². The summed E-state index contributed by atoms with van der Waals surface area (Å²) in [5.41, 5.74) is 4.25. The molecule has 0 saturated heterocycles. The maximum atomic E-state index is 6.07. The highest BCUT2D eigenvalue weighted by molar-refractivity contribution is 7.19. The molecule has 2 nitrogen and oxygen atoms in total. The van der Waals surface area contributed by atoms with Crippen molar-refractivity contribution in [2.75, 3.05) is 7.11 Å². The third-order valence-electron chi connectivity index (χ3n) is 2.62. The summed E-state index contributed by atoms with van der Waals surface area (Å²) in [5, 5.41) is 0.918. The van der Waals surface area contributed by atoms with E-state index in [4.69, 9.17) is 16.3 Å². The predicted molar refractivity (Wildman–Crippen MR) is 73.3 cm³/mol. The fourth-order valence-corrected chi connectivity index (χ4v) is 3.02. The molecule has 0 atom stereocenters. The molecule has 2 aromatic rings. The SMILES string of the molecule is COc1cc(C)cc(C)c1-c1nc(C)c(Cl)s1. The first-order valence-electron chi connectivity index (χ1n) is 5.31. The summed E-state index contributed by atoms with van der Waals surface area (Å²) in [5.74, 6) is 0.855. The van der Waals surface area contributed by atoms with Crippen LogP contribution in [0.5, 0.6) is 5.75 Å². The molecule has 0 N–H and O–H groups in total. The van der Waals surface area contributed by atoms with Gasteiger partial charge in [0, 0.05) is 0 Å². The van der Waals surface area contributed by atoms with Gasteiger partial charge in [-0.1, -0.05) is 17.7 Å². The molecule has 0 aliphatic rings. The van der Waals surface area contributed by atoms with Gasteiger partial charge in [0.05, 0.1) is 18.4 Å². The van der Waals surface area contributed by atoms with E-state index in [1.54, 1.807) is 7.11 Å². The summed E-state index contributed by atoms with van der Waals surface area (Å²) in [6.45, 7) is 6.03. The Morgan fingerprint density at radius 1 is 1.24 bits per heavy atom. The minimum Gasteiger partial charge on any atom is -0.496 e. The molecule has 0 fully saturated rings. The Morgan fingerprint density at radius 3 is 2.47 bits per heavy atom. The third-order valence-corrected chi connectivity index (χ3v) is 4.09. The minimum atomic E-state index is 0.738. The Kier molecular flexibility index (Phi) is 3.40. The maximum absolute atomic E-state index is 6.07. The number of halogens is 1. The van der Waals surface area contributed by atoms with E-state index in [1.165, 1.54) is 16.9 Å². The zero-order valence-corrected chi connectivity index (χ0v) is 11.9. The summed E-state index contributed by atoms with van der Waals surface area (Å²) < 4.78 is 6.17. The molecule has 17 heavy (non-hydrogen) atoms. The van der Waals surface area contributed by atoms with Crippen molar-refractivity contribution in [3.05, 3.63) is 33.3 Å². The molecule has 0 saturated carbocycles. The first-order valence-corrected chi connectivity index (χ1v) is 6.51. The number of hydrogen-bond acceptors (Lipinski definition) is 3. The van der Waals surface area contributed by atoms with Crippen LogP contribution in [0.25, 0.3) is 10.6 Å². The Morgan fingerprint density at radius 2 is 1.94 bits per heavy atom. The smallest absolute Gasteiger partial charge is 0.129 e. The largest absolute Gasteiger partial charge is 0.496 e. The second-order valence-corrected chi connectivity index (χ2v) is 5.64. The van der Waals surface area contributed by atoms with Crippen LogP contribution in [0.3, 0.4) is 0 Å². The number of benzene rings is 1. The van der Waals surface area contributed by atoms with Crippen LogP contribution in [0.15, 0.2) is 12.1 Å². The molecule has 4 heteroatoms. The van der Waals surface area contributed by atoms with E-state index in [1.807, 2.05) is 13.0 Å². The molecule has 0 unspecified atom stereocenters. The molecule has 1 aromatic heterocycles. The molecular weight excluding hydrogens is 254 g/mol. The molecular formula is C13H14ClNOS. The molecule has 0 radical (unpaired) electrons. The van der Waals surface area contributed by atoms with E-state index >= 15 is 0 Å². The summed E-state index contributed by atoms with van der Waals surface area (Å²) in [4.78, 5) is 4.49. The van der Waals surface area contributed by atoms with E-state index in [-0.39, 0.29) is 0 Å². The summed E-state index contributed by atoms with van der Waals surface area (Å²) in [7, 11) is 1.68. The average molecular weight is 268 g/mol. The van der Waals surface area contributed by atoms with Gasteiger partial charge in [0.2, 0.25) is 0 Å². The molecule has 0 aliphatic heterocycles. The van der Waals surface area contributed by atoms with E-state index in [9.17, 15) is 0 Å². The van der Waals surface area contributed by atoms with Gasteiger partial charge in [-0.05, 0) is 38.0 Å². The fourth-order valence-electron chi connectivity index (χ4n) is 1.85. The average Bonchev–Trinajstić information content (AvgIpc) is 2.57. The lowest BCUT2D eigenvalue weighted by molar-refractivity contribution is 0.416. The van der Waals surface area contributed by atoms with E-state index in [2.05, 4.69) is 24.9 Å². The number of aromatic nitrogens is 1. The van der Waals surface area contributed by atoms with Crippen molar-refractivity contribution >= 4 is 22.9 Å². The van der Waals surface area contributed by atoms with Crippen LogP contribution in [0, 0.1) is 20.8 Å². The van der Waals surface area contributed by atoms with Gasteiger partial charge in [-0.2, -0.15) is 0 Å². The number of hydrogen-bond donors (Lipinski definition) is 0. The fraction of sp³-hybridized carbons (Fsp3) is 0.308. The predicted octanol–water partition coefficient (Wildman–Crippen LogP) is 4.40. The van der Waals surface area contributed by atoms with Gasteiger partial charge < -0.3 is 4.74 Å². The molecule has 1 aromatic carbocycles. The van der Waals surface area contributed by atoms with Gasteiger partial charge in [-0.15, -0.1) is 11.3 Å². The standard InChI is InChI=1S/C13H14ClNOS/c1-7-5-8(2)11(10(6-7)16-4)13-15-9(3)12(14)17-13/h5-6H,1-4H3. The van der Waals surface area contributed by atoms with Crippen molar-refractivity contribution in [2.24, 2.45) is 0 Å². The molecule has 0 bridgehead atoms. The topological polar surface area (TPSA) is 22.1 Å². The van der Waals surface area contributed by atoms with Crippen LogP contribution >= 0.6 is 22.9 Å². The Balaban J connectivity index is 2.65. The number of thiazole rings is 1. The molecule has 90 valence electrons. The zero-order chi connectivity index (χ0) is 12.6. The van der Waals surface area contributed by atoms with Gasteiger partial charge in [0.1, 0.15) is 15.1 Å². The van der Waals surface area contributed by atoms with Crippen LogP contribution in [-0.4, -0.2) is 12.1 Å². The minimum absolute atomic E-state index is 0.738. The van der Waals surface area contributed by atoms with Crippen molar-refractivity contribution in [1.82, 2.24) is 4.98 Å². The zero-order valence-electron chi connectivity index (χ0n) is 10.3. The third kappa shape index (κ3) is 2.31. The number of nitrogens with zero attached hydrogens (tertiary/aromatic N) is 1. The molecule has 2 rings (SSSR count). The lowest BCUT2D eigenvalue weighted by Gasteiger charge is -2.10. The van der Waals surface area contributed by atoms with Gasteiger partial charge in [0.15, 0.2) is 0 Å². The van der Waals surface area contributed by atoms with E-state index in [0.717, 1.165) is 31.9 Å². The Labute approximate surface area is 110 Å². The maximum Gasteiger partial charge on any atom is 0.129 e. The van der Waals surface area contributed by atoms with Crippen molar-refractivity contribution in [1.29, 1.82) is 0 Å². The first-order chi connectivity index (χ1) is 8.02. The van der Waals surface area contributed by atoms with Crippen molar-refractivity contribution < 1.29 is 4.74 Å². The summed E-state index contributed by atoms with van der Waals surface area (Å²) in [6, 6.07) is 4.15. The van der Waals surface area contributed by atoms with Crippen molar-refractivity contribution in [3.8, 4) is 16.3 Å². The second kappa shape index (κ2) is 4.67. The molecule has 0 spiro atoms. The number of rotatable bonds is 2. The molecule has 0 aliphatic carbocycles. The number of ether oxygens (including phenoxy) is 1. The van der Waals surface area contributed by atoms with Crippen LogP contribution in [0.2, 0.25) is 4.34 Å². The van der Waals surface area contributed by atoms with Crippen LogP contribution in [-0.2, 0) is 0 Å². The highest BCUT2D eigenvalue weighted by Crippen LogP contribution is 2.39. The van der Waals surface area contributed by atoms with Crippen molar-refractivity contribution in [2.45, 2.75) is 20.8 Å². The Bertz CT molecular complexity index is 543. The van der Waals surface area contributed by atoms with Gasteiger partial charge in [0.25, 0.3) is 0 Å². The lowest BCUT2D eigenvalue weighted by Crippen LogP contribution is -1.92. The summed E-state index contributed by atoms with van der Waals surface area (Å²) in [6.07, 6.45) is 0. The van der Waals surface area contributed by atoms with Gasteiger partial charge in [-0.3, -0.25) is 0 Å². The van der Waals surface area contributed by atoms with Crippen molar-refractivity contribution in [3.63, 3.8) is 0 Å². The van der Waals surface area contributed by atoms with E-state index in [0.29, 0.717) is 0 Å². The van der Waals surface area contributed by atoms with Gasteiger partial charge >= 0.3 is 0 Å². The highest BCUT2D eigenvalue weighted by atomic mass is 35.5. The monoisotopic (exact) mass is 267 g/mol. The molecule has 1 heterocycles. The summed E-state index contributed by atoms with van der Waals surface area (Å²) >= 11 is 7.56. The van der Waals surface area contributed by atoms with Crippen LogP contribution < -0.4 is 4.74 Å². The first kappa shape index (κ1) is 12.4. The normalized spacial score (nSPS) is 10.6. The Hall–Kier alpha value is -1.06. The quantitative estimate of drug-likeness (QED) is 0.805. The second-order valence-electron chi connectivity index (χ2n) is 4.04. The molecule has 0 amide bonds. The highest BCUT2D eigenvalue weighted by Gasteiger charge is 2.15. The van der Waals surface area contributed by atoms with Gasteiger partial charge in [-0.25, -0.2) is 4.98 Å². The van der Waals surface area contributed by atoms with Crippen LogP contribution in [0.4, 0.5) is 0 Å². The lowest BCUT2D eigenvalue weighted by atomic mass is 10.0. The van der Waals surface area contributed by atoms with Crippen LogP contribution in [0.1, 0.15) is 16.8 Å².